The Hall–Kier alpha value is -2.71. The molecular formula is C27H35N3O4S. The fourth-order valence-electron chi connectivity index (χ4n) is 5.10. The van der Waals surface area contributed by atoms with Gasteiger partial charge in [-0.1, -0.05) is 57.0 Å². The molecule has 0 radical (unpaired) electrons. The van der Waals surface area contributed by atoms with Crippen molar-refractivity contribution >= 4 is 27.5 Å². The number of benzene rings is 2. The average molecular weight is 498 g/mol. The third kappa shape index (κ3) is 5.93. The standard InChI is InChI=1S/C27H35N3O4S/c1-3-26(31)30-16-15-21-18-22(13-14-25(21)30)35(33,34)29-24(17-20-10-5-4-6-11-20)27(32)28-23-12-8-7-9-19(23)2/h4-6,10-11,13-14,18-19,23-24,29H,3,7-9,12,15-17H2,1-2H3,(H,28,32)/t19-,23+,24-/m1/s1. The summed E-state index contributed by atoms with van der Waals surface area (Å²) in [5, 5.41) is 3.12. The average Bonchev–Trinajstić information content (AvgIpc) is 3.28. The molecule has 1 fully saturated rings. The number of hydrogen-bond donors (Lipinski definition) is 2. The van der Waals surface area contributed by atoms with Crippen molar-refractivity contribution in [2.24, 2.45) is 5.92 Å². The smallest absolute Gasteiger partial charge is 0.241 e. The first-order valence-corrected chi connectivity index (χ1v) is 14.1. The van der Waals surface area contributed by atoms with Crippen LogP contribution < -0.4 is 14.9 Å². The van der Waals surface area contributed by atoms with Gasteiger partial charge < -0.3 is 10.2 Å². The molecule has 0 spiro atoms. The zero-order valence-corrected chi connectivity index (χ0v) is 21.3. The molecule has 7 nitrogen and oxygen atoms in total. The van der Waals surface area contributed by atoms with Gasteiger partial charge in [-0.3, -0.25) is 9.59 Å². The van der Waals surface area contributed by atoms with Gasteiger partial charge in [0.15, 0.2) is 0 Å². The van der Waals surface area contributed by atoms with Crippen LogP contribution in [0.1, 0.15) is 57.1 Å². The van der Waals surface area contributed by atoms with Crippen molar-refractivity contribution in [1.82, 2.24) is 10.0 Å². The van der Waals surface area contributed by atoms with E-state index in [4.69, 9.17) is 0 Å². The molecule has 2 amide bonds. The van der Waals surface area contributed by atoms with Crippen molar-refractivity contribution in [2.45, 2.75) is 75.8 Å². The summed E-state index contributed by atoms with van der Waals surface area (Å²) in [6, 6.07) is 13.4. The quantitative estimate of drug-likeness (QED) is 0.583. The molecule has 2 aromatic carbocycles. The van der Waals surface area contributed by atoms with Gasteiger partial charge >= 0.3 is 0 Å². The molecule has 0 aromatic heterocycles. The molecule has 1 heterocycles. The number of sulfonamides is 1. The summed E-state index contributed by atoms with van der Waals surface area (Å²) >= 11 is 0. The monoisotopic (exact) mass is 497 g/mol. The Bertz CT molecular complexity index is 1170. The van der Waals surface area contributed by atoms with Crippen molar-refractivity contribution in [3.05, 3.63) is 59.7 Å². The van der Waals surface area contributed by atoms with Gasteiger partial charge in [-0.05, 0) is 60.9 Å². The highest BCUT2D eigenvalue weighted by Gasteiger charge is 2.31. The number of nitrogens with one attached hydrogen (secondary N) is 2. The van der Waals surface area contributed by atoms with Crippen LogP contribution in [-0.2, 0) is 32.5 Å². The first kappa shape index (κ1) is 25.4. The minimum atomic E-state index is -3.96. The van der Waals surface area contributed by atoms with Crippen LogP contribution in [0.4, 0.5) is 5.69 Å². The molecular weight excluding hydrogens is 462 g/mol. The first-order chi connectivity index (χ1) is 16.8. The Morgan fingerprint density at radius 3 is 2.54 bits per heavy atom. The van der Waals surface area contributed by atoms with Crippen molar-refractivity contribution in [2.75, 3.05) is 11.4 Å². The third-order valence-corrected chi connectivity index (χ3v) is 8.67. The second-order valence-electron chi connectivity index (χ2n) is 9.68. The van der Waals surface area contributed by atoms with Crippen molar-refractivity contribution in [3.8, 4) is 0 Å². The van der Waals surface area contributed by atoms with Crippen molar-refractivity contribution in [3.63, 3.8) is 0 Å². The maximum atomic E-state index is 13.4. The highest BCUT2D eigenvalue weighted by Crippen LogP contribution is 2.31. The fourth-order valence-corrected chi connectivity index (χ4v) is 6.35. The summed E-state index contributed by atoms with van der Waals surface area (Å²) in [4.78, 5) is 27.3. The molecule has 0 bridgehead atoms. The van der Waals surface area contributed by atoms with E-state index < -0.39 is 16.1 Å². The topological polar surface area (TPSA) is 95.6 Å². The Morgan fingerprint density at radius 1 is 1.09 bits per heavy atom. The molecule has 4 rings (SSSR count). The third-order valence-electron chi connectivity index (χ3n) is 7.20. The van der Waals surface area contributed by atoms with Crippen molar-refractivity contribution < 1.29 is 18.0 Å². The predicted molar refractivity (Wildman–Crippen MR) is 137 cm³/mol. The number of carbonyl (C=O) groups excluding carboxylic acids is 2. The van der Waals surface area contributed by atoms with Gasteiger partial charge in [-0.2, -0.15) is 4.72 Å². The molecule has 0 saturated heterocycles. The maximum Gasteiger partial charge on any atom is 0.241 e. The molecule has 8 heteroatoms. The summed E-state index contributed by atoms with van der Waals surface area (Å²) in [5.41, 5.74) is 2.48. The molecule has 1 aliphatic carbocycles. The van der Waals surface area contributed by atoms with Gasteiger partial charge in [-0.25, -0.2) is 8.42 Å². The van der Waals surface area contributed by atoms with Gasteiger partial charge in [0.25, 0.3) is 0 Å². The van der Waals surface area contributed by atoms with Gasteiger partial charge in [0.1, 0.15) is 6.04 Å². The maximum absolute atomic E-state index is 13.4. The number of nitrogens with zero attached hydrogens (tertiary/aromatic N) is 1. The van der Waals surface area contributed by atoms with E-state index >= 15 is 0 Å². The van der Waals surface area contributed by atoms with Gasteiger partial charge in [0, 0.05) is 24.7 Å². The number of anilines is 1. The summed E-state index contributed by atoms with van der Waals surface area (Å²) in [7, 11) is -3.96. The largest absolute Gasteiger partial charge is 0.352 e. The zero-order valence-electron chi connectivity index (χ0n) is 20.5. The molecule has 2 aliphatic rings. The lowest BCUT2D eigenvalue weighted by molar-refractivity contribution is -0.124. The van der Waals surface area contributed by atoms with E-state index in [0.29, 0.717) is 25.3 Å². The van der Waals surface area contributed by atoms with E-state index in [0.717, 1.165) is 42.5 Å². The van der Waals surface area contributed by atoms with Crippen LogP contribution in [0, 0.1) is 5.92 Å². The van der Waals surface area contributed by atoms with Crippen LogP contribution in [-0.4, -0.2) is 38.9 Å². The van der Waals surface area contributed by atoms with E-state index in [1.807, 2.05) is 37.3 Å². The number of amides is 2. The molecule has 1 saturated carbocycles. The first-order valence-electron chi connectivity index (χ1n) is 12.6. The van der Waals surface area contributed by atoms with Gasteiger partial charge in [-0.15, -0.1) is 0 Å². The Morgan fingerprint density at radius 2 is 1.83 bits per heavy atom. The molecule has 188 valence electrons. The predicted octanol–water partition coefficient (Wildman–Crippen LogP) is 3.57. The van der Waals surface area contributed by atoms with Gasteiger partial charge in [0.05, 0.1) is 4.90 Å². The SMILES string of the molecule is CCC(=O)N1CCc2cc(S(=O)(=O)N[C@H](Cc3ccccc3)C(=O)N[C@H]3CCCC[C@H]3C)ccc21. The lowest BCUT2D eigenvalue weighted by atomic mass is 9.86. The Labute approximate surface area is 208 Å². The highest BCUT2D eigenvalue weighted by atomic mass is 32.2. The molecule has 2 aromatic rings. The second kappa shape index (κ2) is 10.9. The number of fused-ring (bicyclic) bond motifs is 1. The van der Waals surface area contributed by atoms with E-state index in [1.54, 1.807) is 17.0 Å². The molecule has 35 heavy (non-hydrogen) atoms. The normalized spacial score (nSPS) is 20.8. The van der Waals surface area contributed by atoms with E-state index in [2.05, 4.69) is 17.0 Å². The van der Waals surface area contributed by atoms with Crippen LogP contribution in [0.15, 0.2) is 53.4 Å². The van der Waals surface area contributed by atoms with Crippen molar-refractivity contribution in [1.29, 1.82) is 0 Å². The molecule has 0 unspecified atom stereocenters. The van der Waals surface area contributed by atoms with E-state index in [1.165, 1.54) is 6.07 Å². The molecule has 1 aliphatic heterocycles. The molecule has 2 N–H and O–H groups in total. The minimum absolute atomic E-state index is 0.0222. The molecule has 3 atom stereocenters. The number of carbonyl (C=O) groups is 2. The van der Waals surface area contributed by atoms with Gasteiger partial charge in [0.2, 0.25) is 21.8 Å². The van der Waals surface area contributed by atoms with Crippen LogP contribution in [0.2, 0.25) is 0 Å². The summed E-state index contributed by atoms with van der Waals surface area (Å²) in [6.07, 6.45) is 5.47. The minimum Gasteiger partial charge on any atom is -0.352 e. The Balaban J connectivity index is 1.55. The number of rotatable bonds is 8. The summed E-state index contributed by atoms with van der Waals surface area (Å²) in [5.74, 6) is 0.0956. The second-order valence-corrected chi connectivity index (χ2v) is 11.4. The van der Waals surface area contributed by atoms with Crippen LogP contribution in [0.25, 0.3) is 0 Å². The van der Waals surface area contributed by atoms with Crippen LogP contribution >= 0.6 is 0 Å². The lowest BCUT2D eigenvalue weighted by Crippen LogP contribution is -2.52. The summed E-state index contributed by atoms with van der Waals surface area (Å²) in [6.45, 7) is 4.50. The highest BCUT2D eigenvalue weighted by molar-refractivity contribution is 7.89. The van der Waals surface area contributed by atoms with E-state index in [9.17, 15) is 18.0 Å². The van der Waals surface area contributed by atoms with Crippen LogP contribution in [0.3, 0.4) is 0 Å². The fraction of sp³-hybridized carbons (Fsp3) is 0.481. The lowest BCUT2D eigenvalue weighted by Gasteiger charge is -2.31. The zero-order chi connectivity index (χ0) is 25.0. The Kier molecular flexibility index (Phi) is 7.91. The van der Waals surface area contributed by atoms with Crippen LogP contribution in [0.5, 0.6) is 0 Å². The van der Waals surface area contributed by atoms with E-state index in [-0.39, 0.29) is 29.2 Å². The summed E-state index contributed by atoms with van der Waals surface area (Å²) < 4.78 is 29.5. The number of hydrogen-bond acceptors (Lipinski definition) is 4.